The van der Waals surface area contributed by atoms with Gasteiger partial charge in [0.15, 0.2) is 0 Å². The largest absolute Gasteiger partial charge is 0.335 e. The van der Waals surface area contributed by atoms with Gasteiger partial charge < -0.3 is 16.4 Å². The highest BCUT2D eigenvalue weighted by atomic mass is 16.2. The van der Waals surface area contributed by atoms with Gasteiger partial charge in [-0.1, -0.05) is 72.8 Å². The molecular weight excluding hydrogens is 372 g/mol. The Balaban J connectivity index is -0.000000219. The number of carbonyl (C=O) groups is 1. The van der Waals surface area contributed by atoms with Crippen LogP contribution in [0.25, 0.3) is 0 Å². The van der Waals surface area contributed by atoms with Gasteiger partial charge >= 0.3 is 6.03 Å². The van der Waals surface area contributed by atoms with Gasteiger partial charge in [0, 0.05) is 25.5 Å². The summed E-state index contributed by atoms with van der Waals surface area (Å²) in [5, 5.41) is 5.52. The molecule has 0 aromatic rings. The molecule has 4 N–H and O–H groups in total. The number of nitrogens with one attached hydrogen (secondary N) is 2. The van der Waals surface area contributed by atoms with Crippen molar-refractivity contribution in [2.45, 2.75) is 67.9 Å². The number of hydrogen-bond donors (Lipinski definition) is 3. The topological polar surface area (TPSA) is 79.5 Å². The molecule has 0 aromatic carbocycles. The Morgan fingerprint density at radius 3 is 2.13 bits per heavy atom. The maximum absolute atomic E-state index is 11.2. The quantitative estimate of drug-likeness (QED) is 0.381. The lowest BCUT2D eigenvalue weighted by molar-refractivity contribution is 0.243. The van der Waals surface area contributed by atoms with Crippen LogP contribution in [0.1, 0.15) is 61.8 Å². The summed E-state index contributed by atoms with van der Waals surface area (Å²) in [6, 6.07) is 0.204. The number of carbonyl (C=O) groups excluding carboxylic acids is 1. The van der Waals surface area contributed by atoms with Crippen LogP contribution in [0.3, 0.4) is 0 Å². The monoisotopic (exact) mass is 418 g/mol. The van der Waals surface area contributed by atoms with Crippen LogP contribution in [-0.2, 0) is 0 Å². The van der Waals surface area contributed by atoms with Gasteiger partial charge in [0.05, 0.1) is 0 Å². The van der Waals surface area contributed by atoms with Crippen molar-refractivity contribution in [3.8, 4) is 12.8 Å². The third-order valence-electron chi connectivity index (χ3n) is 2.90. The number of terminal acetylenes is 1. The number of urea groups is 1. The van der Waals surface area contributed by atoms with Crippen LogP contribution < -0.4 is 16.4 Å². The average molecular weight is 419 g/mol. The zero-order valence-corrected chi connectivity index (χ0v) is 20.5. The molecule has 0 fully saturated rings. The SMILES string of the molecule is C#C.C=CC.CC.CC.CC(C)N.CC1CC=NC=C1C1=C/CNC(=O)NC/C=C\1. The van der Waals surface area contributed by atoms with Crippen molar-refractivity contribution in [3.63, 3.8) is 0 Å². The van der Waals surface area contributed by atoms with E-state index in [0.29, 0.717) is 25.0 Å². The Labute approximate surface area is 186 Å². The molecule has 172 valence electrons. The molecule has 1 atom stereocenters. The van der Waals surface area contributed by atoms with Crippen LogP contribution in [0.5, 0.6) is 0 Å². The van der Waals surface area contributed by atoms with E-state index in [0.717, 1.165) is 12.0 Å². The Hall–Kier alpha value is -2.58. The zero-order valence-electron chi connectivity index (χ0n) is 20.5. The molecule has 0 aliphatic carbocycles. The molecule has 5 nitrogen and oxygen atoms in total. The molecule has 2 aliphatic rings. The minimum Gasteiger partial charge on any atom is -0.335 e. The summed E-state index contributed by atoms with van der Waals surface area (Å²) in [4.78, 5) is 15.4. The fourth-order valence-corrected chi connectivity index (χ4v) is 1.90. The average Bonchev–Trinajstić information content (AvgIpc) is 2.85. The fraction of sp³-hybridized carbons (Fsp3) is 0.520. The van der Waals surface area contributed by atoms with E-state index >= 15 is 0 Å². The van der Waals surface area contributed by atoms with Crippen LogP contribution >= 0.6 is 0 Å². The molecule has 5 heteroatoms. The number of allylic oxidation sites excluding steroid dienone is 4. The first-order chi connectivity index (χ1) is 14.4. The second kappa shape index (κ2) is 28.6. The molecule has 0 spiro atoms. The van der Waals surface area contributed by atoms with Crippen molar-refractivity contribution < 1.29 is 4.79 Å². The molecule has 1 unspecified atom stereocenters. The summed E-state index contributed by atoms with van der Waals surface area (Å²) >= 11 is 0. The lowest BCUT2D eigenvalue weighted by Crippen LogP contribution is -2.35. The van der Waals surface area contributed by atoms with Crippen molar-refractivity contribution in [2.24, 2.45) is 16.6 Å². The molecule has 0 bridgehead atoms. The first-order valence-corrected chi connectivity index (χ1v) is 10.7. The smallest absolute Gasteiger partial charge is 0.315 e. The Morgan fingerprint density at radius 2 is 1.67 bits per heavy atom. The molecule has 2 rings (SSSR count). The third kappa shape index (κ3) is 23.5. The molecule has 2 heterocycles. The van der Waals surface area contributed by atoms with E-state index in [9.17, 15) is 4.79 Å². The number of nitrogens with zero attached hydrogens (tertiary/aromatic N) is 1. The first kappa shape index (κ1) is 34.9. The summed E-state index contributed by atoms with van der Waals surface area (Å²) in [5.74, 6) is 0.479. The third-order valence-corrected chi connectivity index (χ3v) is 2.90. The molecule has 2 aliphatic heterocycles. The molecule has 30 heavy (non-hydrogen) atoms. The predicted octanol–water partition coefficient (Wildman–Crippen LogP) is 5.62. The van der Waals surface area contributed by atoms with Gasteiger partial charge in [-0.15, -0.1) is 19.4 Å². The molecule has 2 amide bonds. The van der Waals surface area contributed by atoms with E-state index in [1.165, 1.54) is 5.57 Å². The summed E-state index contributed by atoms with van der Waals surface area (Å²) in [7, 11) is 0. The molecule has 0 saturated heterocycles. The first-order valence-electron chi connectivity index (χ1n) is 10.7. The molecule has 0 radical (unpaired) electrons. The Bertz CT molecular complexity index is 538. The molecule has 0 aromatic heterocycles. The van der Waals surface area contributed by atoms with Gasteiger partial charge in [-0.3, -0.25) is 4.99 Å². The number of aliphatic imine (C=N–C) groups is 1. The summed E-state index contributed by atoms with van der Waals surface area (Å²) in [6.45, 7) is 20.4. The van der Waals surface area contributed by atoms with Crippen molar-refractivity contribution in [3.05, 3.63) is 48.2 Å². The minimum absolute atomic E-state index is 0.129. The predicted molar refractivity (Wildman–Crippen MR) is 137 cm³/mol. The van der Waals surface area contributed by atoms with Gasteiger partial charge in [-0.05, 0) is 36.5 Å². The number of nitrogens with two attached hydrogens (primary N) is 1. The summed E-state index contributed by atoms with van der Waals surface area (Å²) in [5.41, 5.74) is 7.50. The van der Waals surface area contributed by atoms with Crippen LogP contribution in [-0.4, -0.2) is 31.4 Å². The van der Waals surface area contributed by atoms with E-state index in [-0.39, 0.29) is 6.03 Å². The van der Waals surface area contributed by atoms with Gasteiger partial charge in [-0.2, -0.15) is 0 Å². The van der Waals surface area contributed by atoms with E-state index in [1.54, 1.807) is 6.08 Å². The van der Waals surface area contributed by atoms with E-state index < -0.39 is 0 Å². The van der Waals surface area contributed by atoms with Crippen LogP contribution in [0.4, 0.5) is 4.79 Å². The highest BCUT2D eigenvalue weighted by Gasteiger charge is 2.13. The van der Waals surface area contributed by atoms with Crippen molar-refractivity contribution in [2.75, 3.05) is 13.1 Å². The van der Waals surface area contributed by atoms with E-state index in [2.05, 4.69) is 48.1 Å². The van der Waals surface area contributed by atoms with Crippen molar-refractivity contribution in [1.29, 1.82) is 0 Å². The Kier molecular flexibility index (Phi) is 33.3. The molecule has 0 saturated carbocycles. The van der Waals surface area contributed by atoms with Crippen LogP contribution in [0.15, 0.2) is 53.2 Å². The maximum atomic E-state index is 11.2. The van der Waals surface area contributed by atoms with Crippen LogP contribution in [0.2, 0.25) is 0 Å². The molecular formula is C25H46N4O. The highest BCUT2D eigenvalue weighted by molar-refractivity contribution is 5.74. The minimum atomic E-state index is -0.129. The standard InChI is InChI=1S/C13H17N3O.C3H9N.C3H6.2C2H6.C2H2/c1-10-4-7-14-9-12(10)11-3-2-6-15-13(17)16-8-5-11;1-3(2)4;1-3-2;3*1-2/h2-3,5,7,9-10H,4,6,8H2,1H3,(H2,15,16,17);3H,4H2,1-2H3;3H,1H2,2H3;2*1-2H3;1-2H/b3-2-,11-5+;;;;;. The van der Waals surface area contributed by atoms with E-state index in [1.807, 2.05) is 73.0 Å². The second-order valence-electron chi connectivity index (χ2n) is 5.86. The normalized spacial score (nSPS) is 18.9. The van der Waals surface area contributed by atoms with Gasteiger partial charge in [0.1, 0.15) is 0 Å². The number of hydrogen-bond acceptors (Lipinski definition) is 3. The summed E-state index contributed by atoms with van der Waals surface area (Å²) in [6.07, 6.45) is 20.6. The van der Waals surface area contributed by atoms with Crippen molar-refractivity contribution in [1.82, 2.24) is 10.6 Å². The van der Waals surface area contributed by atoms with E-state index in [4.69, 9.17) is 5.73 Å². The summed E-state index contributed by atoms with van der Waals surface area (Å²) < 4.78 is 0. The van der Waals surface area contributed by atoms with Crippen LogP contribution in [0, 0.1) is 18.8 Å². The van der Waals surface area contributed by atoms with Gasteiger partial charge in [0.2, 0.25) is 0 Å². The number of amides is 2. The van der Waals surface area contributed by atoms with Crippen molar-refractivity contribution >= 4 is 12.2 Å². The van der Waals surface area contributed by atoms with Gasteiger partial charge in [0.25, 0.3) is 0 Å². The fourth-order valence-electron chi connectivity index (χ4n) is 1.90. The maximum Gasteiger partial charge on any atom is 0.315 e. The lowest BCUT2D eigenvalue weighted by Gasteiger charge is -2.17. The zero-order chi connectivity index (χ0) is 24.4. The Morgan fingerprint density at radius 1 is 1.20 bits per heavy atom. The lowest BCUT2D eigenvalue weighted by atomic mass is 9.90. The highest BCUT2D eigenvalue weighted by Crippen LogP contribution is 2.25. The van der Waals surface area contributed by atoms with Gasteiger partial charge in [-0.25, -0.2) is 4.79 Å². The second-order valence-corrected chi connectivity index (χ2v) is 5.86. The number of rotatable bonds is 1.